The molecule has 1 aliphatic rings. The van der Waals surface area contributed by atoms with Gasteiger partial charge in [0.15, 0.2) is 0 Å². The molecule has 0 saturated carbocycles. The number of likely N-dealkylation sites (tertiary alicyclic amines) is 1. The van der Waals surface area contributed by atoms with E-state index in [-0.39, 0.29) is 0 Å². The van der Waals surface area contributed by atoms with Crippen LogP contribution in [0.2, 0.25) is 0 Å². The lowest BCUT2D eigenvalue weighted by Crippen LogP contribution is -2.34. The molecule has 0 radical (unpaired) electrons. The van der Waals surface area contributed by atoms with Crippen LogP contribution in [-0.4, -0.2) is 24.2 Å². The van der Waals surface area contributed by atoms with Crippen molar-refractivity contribution in [3.05, 3.63) is 24.6 Å². The molecule has 1 saturated heterocycles. The predicted octanol–water partition coefficient (Wildman–Crippen LogP) is 3.47. The number of allylic oxidation sites excluding steroid dienone is 2. The van der Waals surface area contributed by atoms with Gasteiger partial charge < -0.3 is 4.90 Å². The van der Waals surface area contributed by atoms with Crippen LogP contribution in [0.15, 0.2) is 29.5 Å². The van der Waals surface area contributed by atoms with E-state index in [0.717, 1.165) is 11.8 Å². The van der Waals surface area contributed by atoms with Gasteiger partial charge in [-0.1, -0.05) is 20.4 Å². The van der Waals surface area contributed by atoms with Crippen molar-refractivity contribution in [2.75, 3.05) is 13.1 Å². The van der Waals surface area contributed by atoms with Crippen molar-refractivity contribution in [2.45, 2.75) is 33.6 Å². The van der Waals surface area contributed by atoms with E-state index < -0.39 is 0 Å². The molecule has 90 valence electrons. The van der Waals surface area contributed by atoms with Crippen LogP contribution < -0.4 is 0 Å². The lowest BCUT2D eigenvalue weighted by molar-refractivity contribution is 0.191. The number of piperidine rings is 1. The first-order valence-corrected chi connectivity index (χ1v) is 6.21. The first-order valence-electron chi connectivity index (χ1n) is 6.21. The van der Waals surface area contributed by atoms with Gasteiger partial charge in [-0.05, 0) is 37.7 Å². The fourth-order valence-corrected chi connectivity index (χ4v) is 2.24. The van der Waals surface area contributed by atoms with Crippen molar-refractivity contribution < 1.29 is 0 Å². The van der Waals surface area contributed by atoms with Crippen molar-refractivity contribution in [3.8, 4) is 0 Å². The molecule has 1 rings (SSSR count). The summed E-state index contributed by atoms with van der Waals surface area (Å²) in [4.78, 5) is 6.44. The van der Waals surface area contributed by atoms with Gasteiger partial charge in [0, 0.05) is 31.2 Å². The summed E-state index contributed by atoms with van der Waals surface area (Å²) in [6.07, 6.45) is 8.09. The highest BCUT2D eigenvalue weighted by Crippen LogP contribution is 2.25. The van der Waals surface area contributed by atoms with Gasteiger partial charge in [0.05, 0.1) is 0 Å². The predicted molar refractivity (Wildman–Crippen MR) is 71.6 cm³/mol. The maximum absolute atomic E-state index is 3.99. The van der Waals surface area contributed by atoms with Crippen LogP contribution in [0.5, 0.6) is 0 Å². The maximum Gasteiger partial charge on any atom is 0.0284 e. The third-order valence-corrected chi connectivity index (χ3v) is 3.49. The van der Waals surface area contributed by atoms with Crippen molar-refractivity contribution in [1.82, 2.24) is 4.90 Å². The lowest BCUT2D eigenvalue weighted by atomic mass is 9.86. The summed E-state index contributed by atoms with van der Waals surface area (Å²) in [6, 6.07) is 0. The van der Waals surface area contributed by atoms with E-state index in [0.29, 0.717) is 0 Å². The molecule has 0 aromatic rings. The molecular weight excluding hydrogens is 196 g/mol. The summed E-state index contributed by atoms with van der Waals surface area (Å²) in [5.41, 5.74) is 1.31. The highest BCUT2D eigenvalue weighted by molar-refractivity contribution is 5.72. The van der Waals surface area contributed by atoms with Crippen LogP contribution >= 0.6 is 0 Å². The largest absolute Gasteiger partial charge is 0.375 e. The molecule has 2 heteroatoms. The van der Waals surface area contributed by atoms with Gasteiger partial charge in [-0.15, -0.1) is 0 Å². The summed E-state index contributed by atoms with van der Waals surface area (Å²) < 4.78 is 0. The molecule has 0 aliphatic carbocycles. The van der Waals surface area contributed by atoms with Crippen LogP contribution in [0, 0.1) is 11.8 Å². The van der Waals surface area contributed by atoms with Crippen LogP contribution in [0.1, 0.15) is 33.6 Å². The molecule has 0 amide bonds. The highest BCUT2D eigenvalue weighted by Gasteiger charge is 2.21. The zero-order chi connectivity index (χ0) is 12.0. The number of nitrogens with zero attached hydrogens (tertiary/aromatic N) is 2. The molecule has 0 unspecified atom stereocenters. The van der Waals surface area contributed by atoms with Crippen LogP contribution in [0.25, 0.3) is 0 Å². The third kappa shape index (κ3) is 3.84. The minimum atomic E-state index is 0.828. The Morgan fingerprint density at radius 3 is 2.50 bits per heavy atom. The van der Waals surface area contributed by atoms with Crippen molar-refractivity contribution in [3.63, 3.8) is 0 Å². The van der Waals surface area contributed by atoms with Crippen molar-refractivity contribution >= 4 is 6.21 Å². The summed E-state index contributed by atoms with van der Waals surface area (Å²) in [7, 11) is 0. The molecule has 0 aromatic heterocycles. The average Bonchev–Trinajstić information content (AvgIpc) is 2.29. The maximum atomic E-state index is 3.99. The van der Waals surface area contributed by atoms with Crippen LogP contribution in [0.3, 0.4) is 0 Å². The van der Waals surface area contributed by atoms with E-state index in [1.165, 1.54) is 31.6 Å². The second-order valence-electron chi connectivity index (χ2n) is 4.86. The zero-order valence-electron chi connectivity index (χ0n) is 10.8. The summed E-state index contributed by atoms with van der Waals surface area (Å²) in [5, 5.41) is 0. The first-order chi connectivity index (χ1) is 7.65. The Morgan fingerprint density at radius 2 is 2.00 bits per heavy atom. The van der Waals surface area contributed by atoms with Gasteiger partial charge in [-0.25, -0.2) is 0 Å². The van der Waals surface area contributed by atoms with E-state index in [1.807, 2.05) is 6.21 Å². The summed E-state index contributed by atoms with van der Waals surface area (Å²) >= 11 is 0. The quantitative estimate of drug-likeness (QED) is 0.662. The average molecular weight is 220 g/mol. The smallest absolute Gasteiger partial charge is 0.0284 e. The fraction of sp³-hybridized carbons (Fsp3) is 0.643. The Bertz CT molecular complexity index is 268. The second-order valence-corrected chi connectivity index (χ2v) is 4.86. The highest BCUT2D eigenvalue weighted by atomic mass is 15.1. The number of hydrogen-bond donors (Lipinski definition) is 0. The zero-order valence-corrected chi connectivity index (χ0v) is 10.8. The number of aliphatic imine (C=N–C) groups is 1. The van der Waals surface area contributed by atoms with E-state index in [2.05, 4.69) is 43.3 Å². The van der Waals surface area contributed by atoms with E-state index >= 15 is 0 Å². The molecule has 16 heavy (non-hydrogen) atoms. The Labute approximate surface area is 99.8 Å². The minimum absolute atomic E-state index is 0.828. The van der Waals surface area contributed by atoms with E-state index in [1.54, 1.807) is 6.20 Å². The Hall–Kier alpha value is -1.05. The van der Waals surface area contributed by atoms with Crippen molar-refractivity contribution in [2.24, 2.45) is 16.8 Å². The molecule has 0 bridgehead atoms. The molecule has 2 nitrogen and oxygen atoms in total. The normalized spacial score (nSPS) is 19.8. The molecule has 0 N–H and O–H groups in total. The molecule has 1 aliphatic heterocycles. The van der Waals surface area contributed by atoms with Gasteiger partial charge in [0.2, 0.25) is 0 Å². The SMILES string of the molecule is C=CN=C/C=C(\C)N1CCC(C(C)C)CC1. The number of hydrogen-bond acceptors (Lipinski definition) is 2. The molecule has 1 fully saturated rings. The molecular formula is C14H24N2. The third-order valence-electron chi connectivity index (χ3n) is 3.49. The topological polar surface area (TPSA) is 15.6 Å². The second kappa shape index (κ2) is 6.51. The van der Waals surface area contributed by atoms with Gasteiger partial charge in [-0.2, -0.15) is 0 Å². The molecule has 1 heterocycles. The van der Waals surface area contributed by atoms with Gasteiger partial charge in [0.1, 0.15) is 0 Å². The summed E-state index contributed by atoms with van der Waals surface area (Å²) in [6.45, 7) is 12.8. The standard InChI is InChI=1S/C14H24N2/c1-5-15-9-6-13(4)16-10-7-14(8-11-16)12(2)3/h5-6,9,12,14H,1,7-8,10-11H2,2-4H3/b13-6+,15-9?. The van der Waals surface area contributed by atoms with Gasteiger partial charge >= 0.3 is 0 Å². The molecule has 0 atom stereocenters. The van der Waals surface area contributed by atoms with E-state index in [4.69, 9.17) is 0 Å². The minimum Gasteiger partial charge on any atom is -0.375 e. The Kier molecular flexibility index (Phi) is 5.30. The molecule has 0 spiro atoms. The Morgan fingerprint density at radius 1 is 1.38 bits per heavy atom. The lowest BCUT2D eigenvalue weighted by Gasteiger charge is -2.35. The van der Waals surface area contributed by atoms with Crippen LogP contribution in [-0.2, 0) is 0 Å². The Balaban J connectivity index is 2.44. The van der Waals surface area contributed by atoms with E-state index in [9.17, 15) is 0 Å². The monoisotopic (exact) mass is 220 g/mol. The first kappa shape index (κ1) is 13.0. The van der Waals surface area contributed by atoms with Crippen LogP contribution in [0.4, 0.5) is 0 Å². The number of rotatable bonds is 4. The van der Waals surface area contributed by atoms with Gasteiger partial charge in [-0.3, -0.25) is 4.99 Å². The molecule has 0 aromatic carbocycles. The van der Waals surface area contributed by atoms with Crippen molar-refractivity contribution in [1.29, 1.82) is 0 Å². The van der Waals surface area contributed by atoms with Gasteiger partial charge in [0.25, 0.3) is 0 Å². The fourth-order valence-electron chi connectivity index (χ4n) is 2.24. The summed E-state index contributed by atoms with van der Waals surface area (Å²) in [5.74, 6) is 1.74.